The van der Waals surface area contributed by atoms with Crippen molar-refractivity contribution in [1.29, 1.82) is 0 Å². The zero-order chi connectivity index (χ0) is 24.5. The van der Waals surface area contributed by atoms with Gasteiger partial charge in [-0.25, -0.2) is 8.42 Å². The highest BCUT2D eigenvalue weighted by atomic mass is 35.5. The maximum absolute atomic E-state index is 13.8. The third-order valence-electron chi connectivity index (χ3n) is 6.19. The van der Waals surface area contributed by atoms with Crippen LogP contribution in [0.1, 0.15) is 29.2 Å². The first-order valence-corrected chi connectivity index (χ1v) is 13.7. The molecule has 1 fully saturated rings. The molecule has 4 rings (SSSR count). The average Bonchev–Trinajstić information content (AvgIpc) is 2.80. The predicted octanol–water partition coefficient (Wildman–Crippen LogP) is 5.95. The highest BCUT2D eigenvalue weighted by molar-refractivity contribution is 8.00. The lowest BCUT2D eigenvalue weighted by atomic mass is 9.90. The van der Waals surface area contributed by atoms with Gasteiger partial charge in [0.05, 0.1) is 16.9 Å². The van der Waals surface area contributed by atoms with Crippen molar-refractivity contribution in [1.82, 2.24) is 4.31 Å². The standard InChI is InChI=1S/C26H26ClNO4S2/c1-17-7-9-19(10-8-17)23-15-24(33-21-13-11-20(27)12-14-21)22(26(29)30)16-28(23)34(31,32)25-6-4-3-5-18(25)2/h3-14,22-24H,15-16H2,1-2H3,(H,29,30)/t22-,23+,24-/m1/s1. The molecule has 1 aliphatic rings. The van der Waals surface area contributed by atoms with Crippen LogP contribution in [-0.2, 0) is 14.8 Å². The molecular formula is C26H26ClNO4S2. The number of aryl methyl sites for hydroxylation is 2. The Morgan fingerprint density at radius 1 is 1.00 bits per heavy atom. The zero-order valence-electron chi connectivity index (χ0n) is 18.9. The Morgan fingerprint density at radius 3 is 2.26 bits per heavy atom. The maximum atomic E-state index is 13.8. The van der Waals surface area contributed by atoms with Crippen LogP contribution >= 0.6 is 23.4 Å². The van der Waals surface area contributed by atoms with Gasteiger partial charge in [-0.3, -0.25) is 4.79 Å². The third kappa shape index (κ3) is 5.18. The molecule has 0 unspecified atom stereocenters. The predicted molar refractivity (Wildman–Crippen MR) is 136 cm³/mol. The molecule has 1 aliphatic heterocycles. The van der Waals surface area contributed by atoms with Gasteiger partial charge in [-0.15, -0.1) is 11.8 Å². The van der Waals surface area contributed by atoms with E-state index in [0.29, 0.717) is 17.0 Å². The number of sulfonamides is 1. The first-order valence-electron chi connectivity index (χ1n) is 11.0. The van der Waals surface area contributed by atoms with Crippen LogP contribution in [-0.4, -0.2) is 35.6 Å². The Hall–Kier alpha value is -2.32. The van der Waals surface area contributed by atoms with Crippen LogP contribution in [0.4, 0.5) is 0 Å². The van der Waals surface area contributed by atoms with Crippen LogP contribution in [0, 0.1) is 19.8 Å². The van der Waals surface area contributed by atoms with Crippen LogP contribution in [0.25, 0.3) is 0 Å². The number of piperidine rings is 1. The van der Waals surface area contributed by atoms with E-state index >= 15 is 0 Å². The molecule has 0 aliphatic carbocycles. The van der Waals surface area contributed by atoms with Gasteiger partial charge in [0.15, 0.2) is 0 Å². The molecular weight excluding hydrogens is 490 g/mol. The minimum Gasteiger partial charge on any atom is -0.481 e. The Morgan fingerprint density at radius 2 is 1.65 bits per heavy atom. The fourth-order valence-corrected chi connectivity index (χ4v) is 7.62. The van der Waals surface area contributed by atoms with Crippen molar-refractivity contribution in [3.05, 3.63) is 94.5 Å². The summed E-state index contributed by atoms with van der Waals surface area (Å²) in [5.41, 5.74) is 2.56. The lowest BCUT2D eigenvalue weighted by molar-refractivity contribution is -0.143. The number of aliphatic carboxylic acids is 1. The summed E-state index contributed by atoms with van der Waals surface area (Å²) in [6, 6.07) is 21.4. The second-order valence-corrected chi connectivity index (χ2v) is 12.2. The highest BCUT2D eigenvalue weighted by Gasteiger charge is 2.45. The van der Waals surface area contributed by atoms with Crippen molar-refractivity contribution < 1.29 is 18.3 Å². The number of hydrogen-bond donors (Lipinski definition) is 1. The third-order valence-corrected chi connectivity index (χ3v) is 9.84. The summed E-state index contributed by atoms with van der Waals surface area (Å²) in [4.78, 5) is 13.4. The lowest BCUT2D eigenvalue weighted by Crippen LogP contribution is -2.49. The molecule has 178 valence electrons. The minimum atomic E-state index is -3.93. The smallest absolute Gasteiger partial charge is 0.308 e. The number of rotatable bonds is 6. The van der Waals surface area contributed by atoms with Crippen molar-refractivity contribution >= 4 is 39.4 Å². The lowest BCUT2D eigenvalue weighted by Gasteiger charge is -2.42. The van der Waals surface area contributed by atoms with Gasteiger partial charge in [0.25, 0.3) is 0 Å². The summed E-state index contributed by atoms with van der Waals surface area (Å²) < 4.78 is 29.1. The monoisotopic (exact) mass is 515 g/mol. The normalized spacial score (nSPS) is 21.3. The number of carboxylic acids is 1. The van der Waals surface area contributed by atoms with Crippen molar-refractivity contribution in [3.8, 4) is 0 Å². The van der Waals surface area contributed by atoms with Gasteiger partial charge in [-0.05, 0) is 61.7 Å². The van der Waals surface area contributed by atoms with Gasteiger partial charge >= 0.3 is 5.97 Å². The van der Waals surface area contributed by atoms with Crippen LogP contribution in [0.2, 0.25) is 5.02 Å². The van der Waals surface area contributed by atoms with Crippen molar-refractivity contribution in [2.75, 3.05) is 6.54 Å². The number of halogens is 1. The number of thioether (sulfide) groups is 1. The van der Waals surface area contributed by atoms with Gasteiger partial charge in [-0.1, -0.05) is 59.6 Å². The van der Waals surface area contributed by atoms with Gasteiger partial charge < -0.3 is 5.11 Å². The molecule has 0 saturated carbocycles. The molecule has 8 heteroatoms. The van der Waals surface area contributed by atoms with E-state index in [4.69, 9.17) is 11.6 Å². The fraction of sp³-hybridized carbons (Fsp3) is 0.269. The van der Waals surface area contributed by atoms with E-state index in [0.717, 1.165) is 16.0 Å². The molecule has 3 atom stereocenters. The van der Waals surface area contributed by atoms with E-state index < -0.39 is 28.0 Å². The molecule has 1 N–H and O–H groups in total. The van der Waals surface area contributed by atoms with Crippen LogP contribution in [0.15, 0.2) is 82.6 Å². The van der Waals surface area contributed by atoms with E-state index in [9.17, 15) is 18.3 Å². The molecule has 5 nitrogen and oxygen atoms in total. The second-order valence-electron chi connectivity index (χ2n) is 8.56. The second kappa shape index (κ2) is 10.1. The summed E-state index contributed by atoms with van der Waals surface area (Å²) in [5, 5.41) is 10.4. The van der Waals surface area contributed by atoms with Crippen LogP contribution in [0.3, 0.4) is 0 Å². The molecule has 3 aromatic rings. The first kappa shape index (κ1) is 24.8. The van der Waals surface area contributed by atoms with E-state index in [2.05, 4.69) is 0 Å². The molecule has 0 radical (unpaired) electrons. The van der Waals surface area contributed by atoms with Gasteiger partial charge in [0, 0.05) is 21.7 Å². The largest absolute Gasteiger partial charge is 0.481 e. The molecule has 1 saturated heterocycles. The van der Waals surface area contributed by atoms with Gasteiger partial charge in [0.1, 0.15) is 0 Å². The number of nitrogens with zero attached hydrogens (tertiary/aromatic N) is 1. The van der Waals surface area contributed by atoms with E-state index in [-0.39, 0.29) is 16.7 Å². The molecule has 0 amide bonds. The first-order chi connectivity index (χ1) is 16.2. The fourth-order valence-electron chi connectivity index (χ4n) is 4.32. The summed E-state index contributed by atoms with van der Waals surface area (Å²) >= 11 is 7.47. The molecule has 1 heterocycles. The summed E-state index contributed by atoms with van der Waals surface area (Å²) in [6.45, 7) is 3.63. The Balaban J connectivity index is 1.77. The van der Waals surface area contributed by atoms with Crippen LogP contribution in [0.5, 0.6) is 0 Å². The Labute approximate surface area is 209 Å². The minimum absolute atomic E-state index is 0.101. The SMILES string of the molecule is Cc1ccc([C@@H]2C[C@@H](Sc3ccc(Cl)cc3)[C@H](C(=O)O)CN2S(=O)(=O)c2ccccc2C)cc1. The van der Waals surface area contributed by atoms with Gasteiger partial charge in [0.2, 0.25) is 10.0 Å². The Bertz CT molecular complexity index is 1280. The van der Waals surface area contributed by atoms with Gasteiger partial charge in [-0.2, -0.15) is 4.31 Å². The zero-order valence-corrected chi connectivity index (χ0v) is 21.3. The molecule has 0 bridgehead atoms. The van der Waals surface area contributed by atoms with Crippen molar-refractivity contribution in [2.24, 2.45) is 5.92 Å². The number of hydrogen-bond acceptors (Lipinski definition) is 4. The molecule has 0 spiro atoms. The van der Waals surface area contributed by atoms with E-state index in [1.165, 1.54) is 16.1 Å². The molecule has 34 heavy (non-hydrogen) atoms. The van der Waals surface area contributed by atoms with Crippen molar-refractivity contribution in [2.45, 2.75) is 41.4 Å². The number of carboxylic acid groups (broad SMARTS) is 1. The van der Waals surface area contributed by atoms with Crippen LogP contribution < -0.4 is 0 Å². The number of benzene rings is 3. The molecule has 3 aromatic carbocycles. The highest BCUT2D eigenvalue weighted by Crippen LogP contribution is 2.44. The number of carbonyl (C=O) groups is 1. The quantitative estimate of drug-likeness (QED) is 0.438. The molecule has 0 aromatic heterocycles. The topological polar surface area (TPSA) is 74.7 Å². The summed E-state index contributed by atoms with van der Waals surface area (Å²) in [5.74, 6) is -1.86. The Kier molecular flexibility index (Phi) is 7.38. The summed E-state index contributed by atoms with van der Waals surface area (Å²) in [7, 11) is -3.93. The van der Waals surface area contributed by atoms with E-state index in [1.54, 1.807) is 43.3 Å². The maximum Gasteiger partial charge on any atom is 0.308 e. The average molecular weight is 516 g/mol. The van der Waals surface area contributed by atoms with E-state index in [1.807, 2.05) is 43.3 Å². The summed E-state index contributed by atoms with van der Waals surface area (Å²) in [6.07, 6.45) is 0.373. The van der Waals surface area contributed by atoms with Crippen molar-refractivity contribution in [3.63, 3.8) is 0 Å².